The Morgan fingerprint density at radius 3 is 2.53 bits per heavy atom. The summed E-state index contributed by atoms with van der Waals surface area (Å²) in [6, 6.07) is 14.0. The molecule has 0 saturated carbocycles. The van der Waals surface area contributed by atoms with Crippen LogP contribution in [0.2, 0.25) is 0 Å². The summed E-state index contributed by atoms with van der Waals surface area (Å²) in [7, 11) is 0. The van der Waals surface area contributed by atoms with E-state index < -0.39 is 11.8 Å². The summed E-state index contributed by atoms with van der Waals surface area (Å²) in [5.41, 5.74) is 6.20. The fourth-order valence-electron chi connectivity index (χ4n) is 3.57. The van der Waals surface area contributed by atoms with Crippen LogP contribution in [0.25, 0.3) is 21.7 Å². The lowest BCUT2D eigenvalue weighted by Gasteiger charge is -2.11. The molecule has 0 saturated heterocycles. The van der Waals surface area contributed by atoms with Gasteiger partial charge >= 0.3 is 5.91 Å². The number of fused-ring (bicyclic) bond motifs is 2. The molecule has 8 heteroatoms. The first-order valence-electron chi connectivity index (χ1n) is 10.6. The number of aryl methyl sites for hydroxylation is 2. The molecular weight excluding hydrogens is 408 g/mol. The maximum absolute atomic E-state index is 12.9. The van der Waals surface area contributed by atoms with Gasteiger partial charge in [-0.15, -0.1) is 0 Å². The number of rotatable bonds is 6. The van der Waals surface area contributed by atoms with Gasteiger partial charge in [0.1, 0.15) is 5.58 Å². The van der Waals surface area contributed by atoms with Crippen molar-refractivity contribution >= 4 is 33.6 Å². The zero-order valence-electron chi connectivity index (χ0n) is 18.0. The van der Waals surface area contributed by atoms with Crippen molar-refractivity contribution in [2.45, 2.75) is 39.7 Å². The number of hydrogen-bond donors (Lipinski definition) is 2. The monoisotopic (exact) mass is 432 g/mol. The molecule has 164 valence electrons. The third-order valence-electron chi connectivity index (χ3n) is 5.24. The highest BCUT2D eigenvalue weighted by molar-refractivity contribution is 6.06. The molecule has 0 radical (unpaired) electrons. The average molecular weight is 432 g/mol. The van der Waals surface area contributed by atoms with E-state index in [2.05, 4.69) is 22.9 Å². The quantitative estimate of drug-likeness (QED) is 0.357. The second kappa shape index (κ2) is 9.05. The molecule has 2 heterocycles. The third-order valence-corrected chi connectivity index (χ3v) is 5.24. The molecule has 2 aromatic carbocycles. The van der Waals surface area contributed by atoms with E-state index in [0.29, 0.717) is 22.9 Å². The number of amides is 2. The van der Waals surface area contributed by atoms with Gasteiger partial charge in [-0.25, -0.2) is 4.68 Å². The van der Waals surface area contributed by atoms with Gasteiger partial charge in [0.05, 0.1) is 5.39 Å². The Morgan fingerprint density at radius 1 is 1.00 bits per heavy atom. The van der Waals surface area contributed by atoms with Crippen LogP contribution in [-0.4, -0.2) is 21.6 Å². The normalized spacial score (nSPS) is 11.1. The highest BCUT2D eigenvalue weighted by atomic mass is 16.3. The number of furan rings is 1. The van der Waals surface area contributed by atoms with Gasteiger partial charge in [-0.05, 0) is 37.6 Å². The number of carbonyl (C=O) groups is 2. The minimum atomic E-state index is -0.620. The SMILES string of the molecule is CCCCCn1nc(C(=O)NNC(=O)c2cc3cc(C)ccc3o2)c2ccccc2c1=O. The molecule has 0 bridgehead atoms. The van der Waals surface area contributed by atoms with Crippen LogP contribution in [-0.2, 0) is 6.54 Å². The van der Waals surface area contributed by atoms with E-state index in [1.807, 2.05) is 19.1 Å². The number of unbranched alkanes of at least 4 members (excludes halogenated alkanes) is 2. The maximum Gasteiger partial charge on any atom is 0.305 e. The highest BCUT2D eigenvalue weighted by Crippen LogP contribution is 2.20. The minimum absolute atomic E-state index is 0.0669. The van der Waals surface area contributed by atoms with Crippen molar-refractivity contribution in [2.75, 3.05) is 0 Å². The molecule has 0 aliphatic carbocycles. The predicted octanol–water partition coefficient (Wildman–Crippen LogP) is 3.72. The Bertz CT molecular complexity index is 1370. The van der Waals surface area contributed by atoms with Crippen LogP contribution in [0.4, 0.5) is 0 Å². The number of nitrogens with one attached hydrogen (secondary N) is 2. The zero-order valence-corrected chi connectivity index (χ0v) is 18.0. The van der Waals surface area contributed by atoms with E-state index in [9.17, 15) is 14.4 Å². The zero-order chi connectivity index (χ0) is 22.7. The van der Waals surface area contributed by atoms with Crippen LogP contribution in [0.5, 0.6) is 0 Å². The number of hydrogen-bond acceptors (Lipinski definition) is 5. The van der Waals surface area contributed by atoms with Crippen LogP contribution in [0, 0.1) is 6.92 Å². The van der Waals surface area contributed by atoms with E-state index in [-0.39, 0.29) is 17.0 Å². The fourth-order valence-corrected chi connectivity index (χ4v) is 3.57. The van der Waals surface area contributed by atoms with E-state index in [1.54, 1.807) is 36.4 Å². The van der Waals surface area contributed by atoms with Gasteiger partial charge in [0.15, 0.2) is 11.5 Å². The fraction of sp³-hybridized carbons (Fsp3) is 0.250. The summed E-state index contributed by atoms with van der Waals surface area (Å²) < 4.78 is 6.87. The van der Waals surface area contributed by atoms with E-state index in [4.69, 9.17) is 4.42 Å². The van der Waals surface area contributed by atoms with Crippen molar-refractivity contribution in [3.8, 4) is 0 Å². The molecule has 0 aliphatic rings. The lowest BCUT2D eigenvalue weighted by Crippen LogP contribution is -2.42. The van der Waals surface area contributed by atoms with Crippen molar-refractivity contribution in [1.29, 1.82) is 0 Å². The molecular formula is C24H24N4O4. The Morgan fingerprint density at radius 2 is 1.75 bits per heavy atom. The molecule has 8 nitrogen and oxygen atoms in total. The van der Waals surface area contributed by atoms with Crippen LogP contribution < -0.4 is 16.4 Å². The molecule has 2 N–H and O–H groups in total. The first-order chi connectivity index (χ1) is 15.5. The number of hydrazine groups is 1. The van der Waals surface area contributed by atoms with Crippen molar-refractivity contribution < 1.29 is 14.0 Å². The molecule has 2 amide bonds. The van der Waals surface area contributed by atoms with Crippen LogP contribution in [0.1, 0.15) is 52.8 Å². The highest BCUT2D eigenvalue weighted by Gasteiger charge is 2.18. The summed E-state index contributed by atoms with van der Waals surface area (Å²) >= 11 is 0. The van der Waals surface area contributed by atoms with Gasteiger partial charge in [-0.3, -0.25) is 25.2 Å². The second-order valence-corrected chi connectivity index (χ2v) is 7.69. The van der Waals surface area contributed by atoms with Gasteiger partial charge in [-0.2, -0.15) is 5.10 Å². The standard InChI is InChI=1S/C24H24N4O4/c1-3-4-7-12-28-24(31)18-9-6-5-8-17(18)21(27-28)23(30)26-25-22(29)20-14-16-13-15(2)10-11-19(16)32-20/h5-6,8-11,13-14H,3-4,7,12H2,1-2H3,(H,25,29)(H,26,30). The molecule has 0 unspecified atom stereocenters. The average Bonchev–Trinajstić information content (AvgIpc) is 3.22. The van der Waals surface area contributed by atoms with E-state index in [1.165, 1.54) is 4.68 Å². The van der Waals surface area contributed by atoms with Crippen molar-refractivity contribution in [3.05, 3.63) is 75.9 Å². The first kappa shape index (κ1) is 21.3. The van der Waals surface area contributed by atoms with Crippen LogP contribution >= 0.6 is 0 Å². The van der Waals surface area contributed by atoms with Crippen molar-refractivity contribution in [3.63, 3.8) is 0 Å². The number of aromatic nitrogens is 2. The summed E-state index contributed by atoms with van der Waals surface area (Å²) in [4.78, 5) is 38.1. The van der Waals surface area contributed by atoms with Gasteiger partial charge in [-0.1, -0.05) is 49.6 Å². The molecule has 2 aromatic heterocycles. The summed E-state index contributed by atoms with van der Waals surface area (Å²) in [5.74, 6) is -1.13. The van der Waals surface area contributed by atoms with Gasteiger partial charge in [0.25, 0.3) is 11.5 Å². The van der Waals surface area contributed by atoms with Gasteiger partial charge < -0.3 is 4.42 Å². The number of carbonyl (C=O) groups excluding carboxylic acids is 2. The third kappa shape index (κ3) is 4.25. The van der Waals surface area contributed by atoms with E-state index >= 15 is 0 Å². The second-order valence-electron chi connectivity index (χ2n) is 7.69. The number of nitrogens with zero attached hydrogens (tertiary/aromatic N) is 2. The Kier molecular flexibility index (Phi) is 6.02. The van der Waals surface area contributed by atoms with Crippen LogP contribution in [0.3, 0.4) is 0 Å². The largest absolute Gasteiger partial charge is 0.451 e. The lowest BCUT2D eigenvalue weighted by atomic mass is 10.1. The molecule has 0 aliphatic heterocycles. The Balaban J connectivity index is 1.56. The minimum Gasteiger partial charge on any atom is -0.451 e. The molecule has 0 atom stereocenters. The summed E-state index contributed by atoms with van der Waals surface area (Å²) in [6.45, 7) is 4.44. The Labute approximate surface area is 184 Å². The molecule has 32 heavy (non-hydrogen) atoms. The lowest BCUT2D eigenvalue weighted by molar-refractivity contribution is 0.0829. The van der Waals surface area contributed by atoms with Crippen molar-refractivity contribution in [1.82, 2.24) is 20.6 Å². The Hall–Kier alpha value is -3.94. The first-order valence-corrected chi connectivity index (χ1v) is 10.6. The van der Waals surface area contributed by atoms with Crippen molar-refractivity contribution in [2.24, 2.45) is 0 Å². The maximum atomic E-state index is 12.9. The summed E-state index contributed by atoms with van der Waals surface area (Å²) in [5, 5.41) is 5.92. The smallest absolute Gasteiger partial charge is 0.305 e. The summed E-state index contributed by atoms with van der Waals surface area (Å²) in [6.07, 6.45) is 2.74. The molecule has 4 rings (SSSR count). The van der Waals surface area contributed by atoms with E-state index in [0.717, 1.165) is 30.2 Å². The topological polar surface area (TPSA) is 106 Å². The van der Waals surface area contributed by atoms with Gasteiger partial charge in [0, 0.05) is 17.3 Å². The number of benzene rings is 2. The molecule has 0 fully saturated rings. The van der Waals surface area contributed by atoms with Gasteiger partial charge in [0.2, 0.25) is 0 Å². The molecule has 4 aromatic rings. The predicted molar refractivity (Wildman–Crippen MR) is 121 cm³/mol. The van der Waals surface area contributed by atoms with Crippen LogP contribution in [0.15, 0.2) is 57.7 Å². The molecule has 0 spiro atoms.